The maximum absolute atomic E-state index is 9.39. The molecule has 2 N–H and O–H groups in total. The summed E-state index contributed by atoms with van der Waals surface area (Å²) in [5, 5.41) is 18.8. The molecule has 102 valence electrons. The Morgan fingerprint density at radius 2 is 1.83 bits per heavy atom. The molecule has 0 aromatic heterocycles. The lowest BCUT2D eigenvalue weighted by atomic mass is 9.84. The van der Waals surface area contributed by atoms with Crippen LogP contribution >= 0.6 is 0 Å². The highest BCUT2D eigenvalue weighted by molar-refractivity contribution is 5.39. The van der Waals surface area contributed by atoms with Gasteiger partial charge in [-0.1, -0.05) is 32.9 Å². The summed E-state index contributed by atoms with van der Waals surface area (Å²) in [5.41, 5.74) is 1.77. The van der Waals surface area contributed by atoms with Gasteiger partial charge in [0.25, 0.3) is 0 Å². The fourth-order valence-corrected chi connectivity index (χ4v) is 1.92. The highest BCUT2D eigenvalue weighted by Crippen LogP contribution is 2.30. The quantitative estimate of drug-likeness (QED) is 0.817. The van der Waals surface area contributed by atoms with E-state index < -0.39 is 5.41 Å². The van der Waals surface area contributed by atoms with Crippen LogP contribution in [0.25, 0.3) is 0 Å². The van der Waals surface area contributed by atoms with Gasteiger partial charge in [0.1, 0.15) is 5.75 Å². The molecule has 1 rings (SSSR count). The van der Waals surface area contributed by atoms with Crippen molar-refractivity contribution in [1.82, 2.24) is 0 Å². The van der Waals surface area contributed by atoms with Gasteiger partial charge < -0.3 is 14.9 Å². The SMILES string of the molecule is COc1ccc(C(C)C)cc1CC(C)(CO)CO. The van der Waals surface area contributed by atoms with Crippen LogP contribution in [0.4, 0.5) is 0 Å². The summed E-state index contributed by atoms with van der Waals surface area (Å²) in [7, 11) is 1.64. The van der Waals surface area contributed by atoms with E-state index in [2.05, 4.69) is 26.0 Å². The summed E-state index contributed by atoms with van der Waals surface area (Å²) in [4.78, 5) is 0. The average Bonchev–Trinajstić information content (AvgIpc) is 2.38. The Kier molecular flexibility index (Phi) is 5.17. The summed E-state index contributed by atoms with van der Waals surface area (Å²) >= 11 is 0. The number of aliphatic hydroxyl groups is 2. The molecule has 0 aliphatic rings. The van der Waals surface area contributed by atoms with E-state index in [4.69, 9.17) is 4.74 Å². The third-order valence-corrected chi connectivity index (χ3v) is 3.35. The van der Waals surface area contributed by atoms with E-state index in [0.29, 0.717) is 12.3 Å². The number of ether oxygens (including phenoxy) is 1. The minimum Gasteiger partial charge on any atom is -0.496 e. The Bertz CT molecular complexity index is 381. The maximum atomic E-state index is 9.39. The first-order valence-electron chi connectivity index (χ1n) is 6.34. The predicted octanol–water partition coefficient (Wildman–Crippen LogP) is 2.35. The van der Waals surface area contributed by atoms with Gasteiger partial charge in [-0.15, -0.1) is 0 Å². The molecule has 0 radical (unpaired) electrons. The largest absolute Gasteiger partial charge is 0.496 e. The molecule has 1 aromatic carbocycles. The summed E-state index contributed by atoms with van der Waals surface area (Å²) < 4.78 is 5.35. The zero-order chi connectivity index (χ0) is 13.8. The van der Waals surface area contributed by atoms with Crippen molar-refractivity contribution in [3.05, 3.63) is 29.3 Å². The van der Waals surface area contributed by atoms with Crippen LogP contribution in [-0.4, -0.2) is 30.5 Å². The molecule has 0 spiro atoms. The van der Waals surface area contributed by atoms with Crippen molar-refractivity contribution in [2.45, 2.75) is 33.1 Å². The molecule has 0 amide bonds. The smallest absolute Gasteiger partial charge is 0.122 e. The summed E-state index contributed by atoms with van der Waals surface area (Å²) in [6.07, 6.45) is 0.601. The topological polar surface area (TPSA) is 49.7 Å². The number of aliphatic hydroxyl groups excluding tert-OH is 2. The van der Waals surface area contributed by atoms with Gasteiger partial charge in [-0.2, -0.15) is 0 Å². The first kappa shape index (κ1) is 15.0. The van der Waals surface area contributed by atoms with Gasteiger partial charge >= 0.3 is 0 Å². The molecule has 3 heteroatoms. The molecule has 0 fully saturated rings. The number of hydrogen-bond donors (Lipinski definition) is 2. The molecule has 0 unspecified atom stereocenters. The van der Waals surface area contributed by atoms with Crippen LogP contribution in [0.15, 0.2) is 18.2 Å². The Hall–Kier alpha value is -1.06. The number of benzene rings is 1. The molecule has 0 aliphatic carbocycles. The van der Waals surface area contributed by atoms with E-state index in [1.165, 1.54) is 5.56 Å². The van der Waals surface area contributed by atoms with Crippen molar-refractivity contribution >= 4 is 0 Å². The van der Waals surface area contributed by atoms with Crippen LogP contribution in [0.1, 0.15) is 37.8 Å². The van der Waals surface area contributed by atoms with Crippen molar-refractivity contribution < 1.29 is 14.9 Å². The molecular formula is C15H24O3. The average molecular weight is 252 g/mol. The fourth-order valence-electron chi connectivity index (χ4n) is 1.92. The molecule has 0 atom stereocenters. The van der Waals surface area contributed by atoms with Crippen LogP contribution in [0.5, 0.6) is 5.75 Å². The molecule has 0 heterocycles. The van der Waals surface area contributed by atoms with Gasteiger partial charge in [0.05, 0.1) is 20.3 Å². The predicted molar refractivity (Wildman–Crippen MR) is 73.1 cm³/mol. The lowest BCUT2D eigenvalue weighted by molar-refractivity contribution is 0.0699. The van der Waals surface area contributed by atoms with E-state index in [1.807, 2.05) is 13.0 Å². The van der Waals surface area contributed by atoms with Gasteiger partial charge in [-0.05, 0) is 29.5 Å². The minimum atomic E-state index is -0.511. The number of rotatable bonds is 6. The van der Waals surface area contributed by atoms with Gasteiger partial charge in [0, 0.05) is 5.41 Å². The fraction of sp³-hybridized carbons (Fsp3) is 0.600. The first-order chi connectivity index (χ1) is 8.45. The second-order valence-electron chi connectivity index (χ2n) is 5.53. The second-order valence-corrected chi connectivity index (χ2v) is 5.53. The van der Waals surface area contributed by atoms with Crippen molar-refractivity contribution in [3.63, 3.8) is 0 Å². The number of methoxy groups -OCH3 is 1. The molecule has 1 aromatic rings. The van der Waals surface area contributed by atoms with Crippen molar-refractivity contribution in [1.29, 1.82) is 0 Å². The lowest BCUT2D eigenvalue weighted by Crippen LogP contribution is -2.28. The van der Waals surface area contributed by atoms with Crippen LogP contribution in [-0.2, 0) is 6.42 Å². The summed E-state index contributed by atoms with van der Waals surface area (Å²) in [6, 6.07) is 6.12. The maximum Gasteiger partial charge on any atom is 0.122 e. The van der Waals surface area contributed by atoms with Crippen molar-refractivity contribution in [3.8, 4) is 5.75 Å². The Morgan fingerprint density at radius 1 is 1.22 bits per heavy atom. The van der Waals surface area contributed by atoms with Gasteiger partial charge in [-0.3, -0.25) is 0 Å². The highest BCUT2D eigenvalue weighted by Gasteiger charge is 2.24. The first-order valence-corrected chi connectivity index (χ1v) is 6.34. The molecule has 0 bridgehead atoms. The van der Waals surface area contributed by atoms with Crippen molar-refractivity contribution in [2.75, 3.05) is 20.3 Å². The molecule has 3 nitrogen and oxygen atoms in total. The lowest BCUT2D eigenvalue weighted by Gasteiger charge is -2.26. The van der Waals surface area contributed by atoms with Gasteiger partial charge in [-0.25, -0.2) is 0 Å². The zero-order valence-electron chi connectivity index (χ0n) is 11.7. The van der Waals surface area contributed by atoms with E-state index in [0.717, 1.165) is 11.3 Å². The van der Waals surface area contributed by atoms with Crippen LogP contribution < -0.4 is 4.74 Å². The van der Waals surface area contributed by atoms with Gasteiger partial charge in [0.15, 0.2) is 0 Å². The van der Waals surface area contributed by atoms with E-state index in [9.17, 15) is 10.2 Å². The summed E-state index contributed by atoms with van der Waals surface area (Å²) in [5.74, 6) is 1.26. The van der Waals surface area contributed by atoms with Crippen molar-refractivity contribution in [2.24, 2.45) is 5.41 Å². The normalized spacial score (nSPS) is 11.9. The third kappa shape index (κ3) is 3.47. The van der Waals surface area contributed by atoms with Crippen LogP contribution in [0.3, 0.4) is 0 Å². The second kappa shape index (κ2) is 6.21. The van der Waals surface area contributed by atoms with Gasteiger partial charge in [0.2, 0.25) is 0 Å². The Labute approximate surface area is 109 Å². The Balaban J connectivity index is 3.08. The van der Waals surface area contributed by atoms with Crippen LogP contribution in [0, 0.1) is 5.41 Å². The molecule has 0 aliphatic heterocycles. The van der Waals surface area contributed by atoms with E-state index in [-0.39, 0.29) is 13.2 Å². The highest BCUT2D eigenvalue weighted by atomic mass is 16.5. The third-order valence-electron chi connectivity index (χ3n) is 3.35. The number of hydrogen-bond acceptors (Lipinski definition) is 3. The zero-order valence-corrected chi connectivity index (χ0v) is 11.7. The molecule has 0 saturated heterocycles. The Morgan fingerprint density at radius 3 is 2.28 bits per heavy atom. The summed E-state index contributed by atoms with van der Waals surface area (Å²) in [6.45, 7) is 6.07. The van der Waals surface area contributed by atoms with Crippen LogP contribution in [0.2, 0.25) is 0 Å². The van der Waals surface area contributed by atoms with E-state index >= 15 is 0 Å². The molecular weight excluding hydrogens is 228 g/mol. The molecule has 18 heavy (non-hydrogen) atoms. The minimum absolute atomic E-state index is 0.0431. The van der Waals surface area contributed by atoms with E-state index in [1.54, 1.807) is 7.11 Å². The monoisotopic (exact) mass is 252 g/mol. The standard InChI is InChI=1S/C15H24O3/c1-11(2)12-5-6-14(18-4)13(7-12)8-15(3,9-16)10-17/h5-7,11,16-17H,8-10H2,1-4H3. The molecule has 0 saturated carbocycles.